The van der Waals surface area contributed by atoms with Gasteiger partial charge in [-0.15, -0.1) is 0 Å². The second kappa shape index (κ2) is 7.19. The number of rotatable bonds is 6. The van der Waals surface area contributed by atoms with Gasteiger partial charge in [-0.25, -0.2) is 0 Å². The van der Waals surface area contributed by atoms with Crippen LogP contribution in [0.2, 0.25) is 0 Å². The Morgan fingerprint density at radius 1 is 1.48 bits per heavy atom. The van der Waals surface area contributed by atoms with Gasteiger partial charge in [-0.1, -0.05) is 12.1 Å². The van der Waals surface area contributed by atoms with Crippen molar-refractivity contribution in [1.82, 2.24) is 10.6 Å². The molecular formula is C15H20N2O4. The van der Waals surface area contributed by atoms with Gasteiger partial charge in [0.15, 0.2) is 0 Å². The summed E-state index contributed by atoms with van der Waals surface area (Å²) < 4.78 is 5.05. The lowest BCUT2D eigenvalue weighted by Gasteiger charge is -2.20. The number of aliphatic carboxylic acids is 1. The fraction of sp³-hybridized carbons (Fsp3) is 0.467. The van der Waals surface area contributed by atoms with Crippen molar-refractivity contribution in [2.75, 3.05) is 20.2 Å². The molecule has 0 aliphatic carbocycles. The molecule has 3 N–H and O–H groups in total. The quantitative estimate of drug-likeness (QED) is 0.713. The van der Waals surface area contributed by atoms with Gasteiger partial charge < -0.3 is 20.5 Å². The molecular weight excluding hydrogens is 272 g/mol. The predicted molar refractivity (Wildman–Crippen MR) is 77.2 cm³/mol. The number of carbonyl (C=O) groups excluding carboxylic acids is 1. The lowest BCUT2D eigenvalue weighted by atomic mass is 9.95. The highest BCUT2D eigenvalue weighted by Crippen LogP contribution is 2.18. The molecule has 114 valence electrons. The number of carboxylic acids is 1. The van der Waals surface area contributed by atoms with E-state index in [0.29, 0.717) is 5.56 Å². The highest BCUT2D eigenvalue weighted by Gasteiger charge is 2.19. The van der Waals surface area contributed by atoms with Crippen LogP contribution in [0.25, 0.3) is 0 Å². The summed E-state index contributed by atoms with van der Waals surface area (Å²) in [6.45, 7) is 1.82. The van der Waals surface area contributed by atoms with Crippen molar-refractivity contribution in [2.45, 2.75) is 25.5 Å². The Bertz CT molecular complexity index is 530. The molecule has 6 heteroatoms. The van der Waals surface area contributed by atoms with Gasteiger partial charge in [0.1, 0.15) is 0 Å². The Balaban J connectivity index is 2.02. The van der Waals surface area contributed by atoms with Gasteiger partial charge in [-0.2, -0.15) is 0 Å². The summed E-state index contributed by atoms with van der Waals surface area (Å²) in [5.41, 5.74) is 2.88. The van der Waals surface area contributed by atoms with Gasteiger partial charge in [-0.05, 0) is 30.2 Å². The molecule has 0 bridgehead atoms. The number of methoxy groups -OCH3 is 1. The lowest BCUT2D eigenvalue weighted by Crippen LogP contribution is -2.35. The molecule has 1 aromatic carbocycles. The summed E-state index contributed by atoms with van der Waals surface area (Å²) in [7, 11) is 1.44. The van der Waals surface area contributed by atoms with Crippen LogP contribution in [0.15, 0.2) is 18.2 Å². The predicted octanol–water partition coefficient (Wildman–Crippen LogP) is 0.552. The minimum absolute atomic E-state index is 0.131. The SMILES string of the molecule is COC(CNC(=O)c1cccc2c1CCNC2)CC(=O)O. The average molecular weight is 292 g/mol. The number of ether oxygens (including phenoxy) is 1. The number of hydrogen-bond donors (Lipinski definition) is 3. The first kappa shape index (κ1) is 15.5. The molecule has 0 radical (unpaired) electrons. The standard InChI is InChI=1S/C15H20N2O4/c1-21-11(7-14(18)19)9-17-15(20)13-4-2-3-10-8-16-6-5-12(10)13/h2-4,11,16H,5-9H2,1H3,(H,17,20)(H,18,19). The van der Waals surface area contributed by atoms with Crippen molar-refractivity contribution in [3.63, 3.8) is 0 Å². The third-order valence-electron chi connectivity index (χ3n) is 3.61. The molecule has 1 aliphatic rings. The first-order chi connectivity index (χ1) is 10.1. The van der Waals surface area contributed by atoms with Crippen molar-refractivity contribution in [3.05, 3.63) is 34.9 Å². The molecule has 0 spiro atoms. The van der Waals surface area contributed by atoms with Crippen LogP contribution in [-0.4, -0.2) is 43.3 Å². The summed E-state index contributed by atoms with van der Waals surface area (Å²) in [5.74, 6) is -1.12. The number of fused-ring (bicyclic) bond motifs is 1. The molecule has 1 heterocycles. The minimum Gasteiger partial charge on any atom is -0.481 e. The largest absolute Gasteiger partial charge is 0.481 e. The van der Waals surface area contributed by atoms with E-state index in [9.17, 15) is 9.59 Å². The maximum atomic E-state index is 12.3. The number of nitrogens with one attached hydrogen (secondary N) is 2. The number of benzene rings is 1. The first-order valence-electron chi connectivity index (χ1n) is 6.96. The van der Waals surface area contributed by atoms with Gasteiger partial charge in [0.2, 0.25) is 0 Å². The van der Waals surface area contributed by atoms with Gasteiger partial charge in [0.05, 0.1) is 12.5 Å². The maximum Gasteiger partial charge on any atom is 0.306 e. The van der Waals surface area contributed by atoms with Crippen molar-refractivity contribution >= 4 is 11.9 Å². The average Bonchev–Trinajstić information content (AvgIpc) is 2.50. The number of amides is 1. The van der Waals surface area contributed by atoms with Crippen LogP contribution >= 0.6 is 0 Å². The zero-order valence-electron chi connectivity index (χ0n) is 12.0. The van der Waals surface area contributed by atoms with E-state index in [2.05, 4.69) is 10.6 Å². The van der Waals surface area contributed by atoms with E-state index in [0.717, 1.165) is 30.6 Å². The minimum atomic E-state index is -0.945. The van der Waals surface area contributed by atoms with E-state index >= 15 is 0 Å². The molecule has 6 nitrogen and oxygen atoms in total. The van der Waals surface area contributed by atoms with Crippen molar-refractivity contribution in [3.8, 4) is 0 Å². The monoisotopic (exact) mass is 292 g/mol. The van der Waals surface area contributed by atoms with Crippen LogP contribution in [0.1, 0.15) is 27.9 Å². The van der Waals surface area contributed by atoms with E-state index in [-0.39, 0.29) is 18.9 Å². The second-order valence-corrected chi connectivity index (χ2v) is 5.04. The molecule has 0 saturated carbocycles. The van der Waals surface area contributed by atoms with Gasteiger partial charge in [0, 0.05) is 25.8 Å². The van der Waals surface area contributed by atoms with Gasteiger partial charge in [0.25, 0.3) is 5.91 Å². The van der Waals surface area contributed by atoms with Crippen LogP contribution in [-0.2, 0) is 22.5 Å². The summed E-state index contributed by atoms with van der Waals surface area (Å²) in [4.78, 5) is 23.0. The van der Waals surface area contributed by atoms with E-state index < -0.39 is 12.1 Å². The summed E-state index contributed by atoms with van der Waals surface area (Å²) in [6.07, 6.45) is 0.169. The third-order valence-corrected chi connectivity index (χ3v) is 3.61. The van der Waals surface area contributed by atoms with Crippen molar-refractivity contribution in [1.29, 1.82) is 0 Å². The smallest absolute Gasteiger partial charge is 0.306 e. The summed E-state index contributed by atoms with van der Waals surface area (Å²) in [6, 6.07) is 5.69. The molecule has 0 saturated heterocycles. The van der Waals surface area contributed by atoms with Gasteiger partial charge >= 0.3 is 5.97 Å². The highest BCUT2D eigenvalue weighted by atomic mass is 16.5. The Kier molecular flexibility index (Phi) is 5.30. The summed E-state index contributed by atoms with van der Waals surface area (Å²) >= 11 is 0. The van der Waals surface area contributed by atoms with Crippen molar-refractivity contribution in [2.24, 2.45) is 0 Å². The fourth-order valence-corrected chi connectivity index (χ4v) is 2.48. The molecule has 1 unspecified atom stereocenters. The maximum absolute atomic E-state index is 12.3. The Morgan fingerprint density at radius 3 is 3.00 bits per heavy atom. The molecule has 1 atom stereocenters. The number of carbonyl (C=O) groups is 2. The van der Waals surface area contributed by atoms with Crippen LogP contribution < -0.4 is 10.6 Å². The zero-order chi connectivity index (χ0) is 15.2. The molecule has 0 aromatic heterocycles. The molecule has 2 rings (SSSR count). The molecule has 1 aromatic rings. The Labute approximate surface area is 123 Å². The molecule has 1 amide bonds. The van der Waals surface area contributed by atoms with E-state index in [1.165, 1.54) is 7.11 Å². The Morgan fingerprint density at radius 2 is 2.29 bits per heavy atom. The molecule has 21 heavy (non-hydrogen) atoms. The summed E-state index contributed by atoms with van der Waals surface area (Å²) in [5, 5.41) is 14.8. The van der Waals surface area contributed by atoms with Crippen molar-refractivity contribution < 1.29 is 19.4 Å². The third kappa shape index (κ3) is 4.03. The van der Waals surface area contributed by atoms with Crippen LogP contribution in [0.5, 0.6) is 0 Å². The first-order valence-corrected chi connectivity index (χ1v) is 6.96. The number of hydrogen-bond acceptors (Lipinski definition) is 4. The fourth-order valence-electron chi connectivity index (χ4n) is 2.48. The van der Waals surface area contributed by atoms with E-state index in [1.54, 1.807) is 6.07 Å². The second-order valence-electron chi connectivity index (χ2n) is 5.04. The molecule has 0 fully saturated rings. The highest BCUT2D eigenvalue weighted by molar-refractivity contribution is 5.96. The van der Waals surface area contributed by atoms with Crippen LogP contribution in [0.4, 0.5) is 0 Å². The topological polar surface area (TPSA) is 87.7 Å². The Hall–Kier alpha value is -1.92. The van der Waals surface area contributed by atoms with Crippen LogP contribution in [0.3, 0.4) is 0 Å². The normalized spacial score (nSPS) is 15.1. The lowest BCUT2D eigenvalue weighted by molar-refractivity contribution is -0.139. The van der Waals surface area contributed by atoms with E-state index in [1.807, 2.05) is 12.1 Å². The number of carboxylic acid groups (broad SMARTS) is 1. The molecule has 1 aliphatic heterocycles. The zero-order valence-corrected chi connectivity index (χ0v) is 12.0. The van der Waals surface area contributed by atoms with Gasteiger partial charge in [-0.3, -0.25) is 9.59 Å². The van der Waals surface area contributed by atoms with Crippen LogP contribution in [0, 0.1) is 0 Å². The van der Waals surface area contributed by atoms with E-state index in [4.69, 9.17) is 9.84 Å².